The number of aromatic nitrogens is 2. The molecule has 1 amide bonds. The van der Waals surface area contributed by atoms with Gasteiger partial charge in [0.25, 0.3) is 5.91 Å². The van der Waals surface area contributed by atoms with E-state index in [4.69, 9.17) is 4.74 Å². The Kier molecular flexibility index (Phi) is 3.85. The van der Waals surface area contributed by atoms with Gasteiger partial charge in [-0.3, -0.25) is 4.79 Å². The minimum absolute atomic E-state index is 0.235. The lowest BCUT2D eigenvalue weighted by molar-refractivity contribution is 0.102. The number of rotatable bonds is 3. The van der Waals surface area contributed by atoms with Crippen LogP contribution in [0.25, 0.3) is 11.0 Å². The predicted molar refractivity (Wildman–Crippen MR) is 86.1 cm³/mol. The number of hydrogen-bond acceptors (Lipinski definition) is 5. The summed E-state index contributed by atoms with van der Waals surface area (Å²) in [6, 6.07) is 10.7. The number of benzene rings is 2. The number of nitrogens with one attached hydrogen (secondary N) is 1. The van der Waals surface area contributed by atoms with Crippen molar-refractivity contribution in [2.24, 2.45) is 0 Å². The van der Waals surface area contributed by atoms with E-state index in [0.717, 1.165) is 17.2 Å². The van der Waals surface area contributed by atoms with Crippen LogP contribution in [0.15, 0.2) is 40.9 Å². The number of methoxy groups -OCH3 is 1. The number of hydrogen-bond donors (Lipinski definition) is 1. The molecule has 1 aromatic heterocycles. The Hall–Kier alpha value is -1.99. The molecule has 0 saturated carbocycles. The number of carbonyl (C=O) groups is 1. The Balaban J connectivity index is 1.95. The number of fused-ring (bicyclic) bond motifs is 1. The molecule has 5 nitrogen and oxygen atoms in total. The molecule has 0 unspecified atom stereocenters. The summed E-state index contributed by atoms with van der Waals surface area (Å²) >= 11 is 4.49. The zero-order valence-electron chi connectivity index (χ0n) is 11.0. The maximum Gasteiger partial charge on any atom is 0.257 e. The average Bonchev–Trinajstić information content (AvgIpc) is 2.97. The van der Waals surface area contributed by atoms with Gasteiger partial charge in [-0.2, -0.15) is 8.75 Å². The Bertz CT molecular complexity index is 819. The molecule has 3 rings (SSSR count). The summed E-state index contributed by atoms with van der Waals surface area (Å²) in [5, 5.41) is 2.86. The van der Waals surface area contributed by atoms with E-state index in [1.54, 1.807) is 31.4 Å². The highest BCUT2D eigenvalue weighted by Crippen LogP contribution is 2.25. The molecular weight excluding hydrogens is 354 g/mol. The fourth-order valence-corrected chi connectivity index (χ4v) is 2.88. The molecule has 3 aromatic rings. The summed E-state index contributed by atoms with van der Waals surface area (Å²) in [4.78, 5) is 12.4. The van der Waals surface area contributed by atoms with Crippen molar-refractivity contribution in [1.82, 2.24) is 8.75 Å². The minimum atomic E-state index is -0.235. The lowest BCUT2D eigenvalue weighted by atomic mass is 10.2. The third-order valence-corrected chi connectivity index (χ3v) is 4.19. The highest BCUT2D eigenvalue weighted by molar-refractivity contribution is 9.10. The lowest BCUT2D eigenvalue weighted by Gasteiger charge is -2.09. The molecule has 0 aliphatic rings. The van der Waals surface area contributed by atoms with Crippen LogP contribution in [0.1, 0.15) is 10.4 Å². The van der Waals surface area contributed by atoms with E-state index >= 15 is 0 Å². The molecule has 106 valence electrons. The molecule has 0 atom stereocenters. The molecule has 0 aliphatic heterocycles. The van der Waals surface area contributed by atoms with Crippen molar-refractivity contribution >= 4 is 50.3 Å². The summed E-state index contributed by atoms with van der Waals surface area (Å²) < 4.78 is 14.2. The second-order valence-corrected chi connectivity index (χ2v) is 5.62. The number of amides is 1. The van der Waals surface area contributed by atoms with Gasteiger partial charge in [0.15, 0.2) is 0 Å². The van der Waals surface area contributed by atoms with Crippen LogP contribution in [0.2, 0.25) is 0 Å². The van der Waals surface area contributed by atoms with Crippen molar-refractivity contribution in [3.8, 4) is 5.75 Å². The van der Waals surface area contributed by atoms with E-state index in [1.165, 1.54) is 0 Å². The van der Waals surface area contributed by atoms with Crippen LogP contribution in [0.4, 0.5) is 5.69 Å². The van der Waals surface area contributed by atoms with Gasteiger partial charge >= 0.3 is 0 Å². The van der Waals surface area contributed by atoms with Crippen LogP contribution in [0.5, 0.6) is 5.75 Å². The molecule has 0 aliphatic carbocycles. The first-order chi connectivity index (χ1) is 10.2. The zero-order chi connectivity index (χ0) is 14.8. The van der Waals surface area contributed by atoms with Crippen molar-refractivity contribution < 1.29 is 9.53 Å². The van der Waals surface area contributed by atoms with Crippen LogP contribution < -0.4 is 10.1 Å². The van der Waals surface area contributed by atoms with Crippen molar-refractivity contribution in [3.05, 3.63) is 46.4 Å². The zero-order valence-corrected chi connectivity index (χ0v) is 13.4. The van der Waals surface area contributed by atoms with Crippen LogP contribution >= 0.6 is 27.7 Å². The third-order valence-electron chi connectivity index (χ3n) is 2.95. The first-order valence-electron chi connectivity index (χ1n) is 6.05. The molecule has 0 spiro atoms. The normalized spacial score (nSPS) is 10.6. The smallest absolute Gasteiger partial charge is 0.257 e. The van der Waals surface area contributed by atoms with Crippen molar-refractivity contribution in [3.63, 3.8) is 0 Å². The van der Waals surface area contributed by atoms with Gasteiger partial charge < -0.3 is 10.1 Å². The van der Waals surface area contributed by atoms with E-state index in [0.29, 0.717) is 27.0 Å². The third kappa shape index (κ3) is 2.74. The fourth-order valence-electron chi connectivity index (χ4n) is 1.90. The molecule has 21 heavy (non-hydrogen) atoms. The highest BCUT2D eigenvalue weighted by Gasteiger charge is 2.14. The van der Waals surface area contributed by atoms with Crippen molar-refractivity contribution in [1.29, 1.82) is 0 Å². The fraction of sp³-hybridized carbons (Fsp3) is 0.0714. The molecule has 0 fully saturated rings. The van der Waals surface area contributed by atoms with Gasteiger partial charge in [0.2, 0.25) is 0 Å². The first-order valence-corrected chi connectivity index (χ1v) is 7.57. The van der Waals surface area contributed by atoms with E-state index in [2.05, 4.69) is 30.0 Å². The molecular formula is C14H10BrN3O2S. The second-order valence-electron chi connectivity index (χ2n) is 4.24. The van der Waals surface area contributed by atoms with Crippen molar-refractivity contribution in [2.75, 3.05) is 12.4 Å². The predicted octanol–water partition coefficient (Wildman–Crippen LogP) is 3.71. The Morgan fingerprint density at radius 2 is 2.14 bits per heavy atom. The monoisotopic (exact) mass is 363 g/mol. The molecule has 1 N–H and O–H groups in total. The minimum Gasteiger partial charge on any atom is -0.497 e. The number of nitrogens with zero attached hydrogens (tertiary/aromatic N) is 2. The summed E-state index contributed by atoms with van der Waals surface area (Å²) in [5.41, 5.74) is 2.59. The largest absolute Gasteiger partial charge is 0.497 e. The summed E-state index contributed by atoms with van der Waals surface area (Å²) in [6.45, 7) is 0. The maximum atomic E-state index is 12.4. The molecule has 0 radical (unpaired) electrons. The average molecular weight is 364 g/mol. The van der Waals surface area contributed by atoms with Gasteiger partial charge in [-0.1, -0.05) is 6.07 Å². The number of carbonyl (C=O) groups excluding carboxylic acids is 1. The Labute approximate surface area is 133 Å². The van der Waals surface area contributed by atoms with Crippen molar-refractivity contribution in [2.45, 2.75) is 0 Å². The quantitative estimate of drug-likeness (QED) is 0.770. The van der Waals surface area contributed by atoms with Gasteiger partial charge in [0, 0.05) is 4.47 Å². The van der Waals surface area contributed by atoms with E-state index in [1.807, 2.05) is 12.1 Å². The lowest BCUT2D eigenvalue weighted by Crippen LogP contribution is -2.13. The second kappa shape index (κ2) is 5.79. The van der Waals surface area contributed by atoms with Gasteiger partial charge in [-0.15, -0.1) is 0 Å². The summed E-state index contributed by atoms with van der Waals surface area (Å²) in [7, 11) is 1.56. The summed E-state index contributed by atoms with van der Waals surface area (Å²) in [6.07, 6.45) is 0. The Morgan fingerprint density at radius 3 is 2.95 bits per heavy atom. The molecule has 1 heterocycles. The van der Waals surface area contributed by atoms with E-state index < -0.39 is 0 Å². The van der Waals surface area contributed by atoms with Crippen LogP contribution in [0.3, 0.4) is 0 Å². The van der Waals surface area contributed by atoms with Gasteiger partial charge in [-0.25, -0.2) is 0 Å². The first kappa shape index (κ1) is 14.0. The highest BCUT2D eigenvalue weighted by atomic mass is 79.9. The topological polar surface area (TPSA) is 64.1 Å². The molecule has 0 saturated heterocycles. The van der Waals surface area contributed by atoms with Crippen LogP contribution in [-0.2, 0) is 0 Å². The standard InChI is InChI=1S/C14H10BrN3O2S/c1-20-8-5-6-10(15)9(7-8)14(19)16-11-3-2-4-12-13(11)18-21-17-12/h2-7H,1H3,(H,16,19). The van der Waals surface area contributed by atoms with Gasteiger partial charge in [-0.05, 0) is 46.3 Å². The molecule has 2 aromatic carbocycles. The van der Waals surface area contributed by atoms with Crippen LogP contribution in [0, 0.1) is 0 Å². The van der Waals surface area contributed by atoms with Crippen LogP contribution in [-0.4, -0.2) is 21.8 Å². The maximum absolute atomic E-state index is 12.4. The van der Waals surface area contributed by atoms with Gasteiger partial charge in [0.05, 0.1) is 30.1 Å². The Morgan fingerprint density at radius 1 is 1.29 bits per heavy atom. The number of ether oxygens (including phenoxy) is 1. The number of anilines is 1. The molecule has 0 bridgehead atoms. The number of halogens is 1. The van der Waals surface area contributed by atoms with Gasteiger partial charge in [0.1, 0.15) is 16.8 Å². The van der Waals surface area contributed by atoms with E-state index in [-0.39, 0.29) is 5.91 Å². The summed E-state index contributed by atoms with van der Waals surface area (Å²) in [5.74, 6) is 0.387. The molecule has 7 heteroatoms. The SMILES string of the molecule is COc1ccc(Br)c(C(=O)Nc2cccc3nsnc23)c1. The van der Waals surface area contributed by atoms with E-state index in [9.17, 15) is 4.79 Å².